The van der Waals surface area contributed by atoms with Gasteiger partial charge in [-0.3, -0.25) is 0 Å². The topological polar surface area (TPSA) is 57.9 Å². The summed E-state index contributed by atoms with van der Waals surface area (Å²) in [6, 6.07) is 39.7. The fourth-order valence-corrected chi connectivity index (χ4v) is 7.45. The average Bonchev–Trinajstić information content (AvgIpc) is 3.83. The lowest BCUT2D eigenvalue weighted by molar-refractivity contribution is 0.00578. The van der Waals surface area contributed by atoms with Crippen LogP contribution in [-0.4, -0.2) is 18.3 Å². The molecule has 1 fully saturated rings. The lowest BCUT2D eigenvalue weighted by Gasteiger charge is -2.32. The maximum Gasteiger partial charge on any atom is 0.498 e. The minimum Gasteiger partial charge on any atom is -0.456 e. The summed E-state index contributed by atoms with van der Waals surface area (Å²) in [4.78, 5) is 0. The molecule has 6 heteroatoms. The zero-order valence-electron chi connectivity index (χ0n) is 27.1. The highest BCUT2D eigenvalue weighted by Crippen LogP contribution is 2.47. The van der Waals surface area contributed by atoms with E-state index in [2.05, 4.69) is 107 Å². The molecule has 48 heavy (non-hydrogen) atoms. The Labute approximate surface area is 276 Å². The Bertz CT molecular complexity index is 2740. The summed E-state index contributed by atoms with van der Waals surface area (Å²) in [6.45, 7) is 8.29. The standard InChI is InChI=1S/C42H31BO5/c1-41(2)42(3,4)48-43(47-41)32-23-22-26(37-31-14-7-10-19-35(31)46-40(32)37)29-21-20-25(36-30-13-6-9-18-34(30)45-39(29)36)28-16-11-15-27-24-12-5-8-17-33(24)44-38(27)28/h5-23H,1-4H3. The van der Waals surface area contributed by atoms with Crippen molar-refractivity contribution < 1.29 is 22.6 Å². The van der Waals surface area contributed by atoms with E-state index in [1.165, 1.54) is 0 Å². The summed E-state index contributed by atoms with van der Waals surface area (Å²) in [7, 11) is -0.565. The zero-order chi connectivity index (χ0) is 32.4. The molecule has 6 aromatic carbocycles. The molecule has 0 aliphatic carbocycles. The lowest BCUT2D eigenvalue weighted by atomic mass is 9.77. The largest absolute Gasteiger partial charge is 0.498 e. The molecule has 10 rings (SSSR count). The molecular formula is C42H31BO5. The maximum absolute atomic E-state index is 6.78. The third-order valence-electron chi connectivity index (χ3n) is 10.6. The fraction of sp³-hybridized carbons (Fsp3) is 0.143. The smallest absolute Gasteiger partial charge is 0.456 e. The van der Waals surface area contributed by atoms with E-state index in [1.54, 1.807) is 0 Å². The van der Waals surface area contributed by atoms with Gasteiger partial charge in [-0.05, 0) is 63.1 Å². The first kappa shape index (κ1) is 27.8. The first-order chi connectivity index (χ1) is 23.3. The Morgan fingerprint density at radius 1 is 0.396 bits per heavy atom. The second kappa shape index (κ2) is 9.63. The third kappa shape index (κ3) is 3.76. The van der Waals surface area contributed by atoms with Gasteiger partial charge in [-0.1, -0.05) is 91.0 Å². The van der Waals surface area contributed by atoms with E-state index in [1.807, 2.05) is 36.4 Å². The van der Waals surface area contributed by atoms with E-state index in [0.717, 1.165) is 93.5 Å². The van der Waals surface area contributed by atoms with Crippen molar-refractivity contribution in [2.24, 2.45) is 0 Å². The number of hydrogen-bond acceptors (Lipinski definition) is 5. The quantitative estimate of drug-likeness (QED) is 0.183. The predicted octanol–water partition coefficient (Wildman–Crippen LogP) is 11.0. The van der Waals surface area contributed by atoms with Crippen LogP contribution in [0.1, 0.15) is 27.7 Å². The van der Waals surface area contributed by atoms with E-state index in [4.69, 9.17) is 22.6 Å². The van der Waals surface area contributed by atoms with Crippen LogP contribution in [0.5, 0.6) is 0 Å². The highest BCUT2D eigenvalue weighted by atomic mass is 16.7. The van der Waals surface area contributed by atoms with Crippen LogP contribution in [0.2, 0.25) is 0 Å². The van der Waals surface area contributed by atoms with Crippen molar-refractivity contribution in [1.29, 1.82) is 0 Å². The van der Waals surface area contributed by atoms with Crippen LogP contribution in [0, 0.1) is 0 Å². The normalized spacial score (nSPS) is 16.0. The molecule has 232 valence electrons. The molecule has 5 nitrogen and oxygen atoms in total. The molecule has 3 aromatic heterocycles. The molecule has 0 unspecified atom stereocenters. The van der Waals surface area contributed by atoms with Gasteiger partial charge in [0, 0.05) is 48.9 Å². The Balaban J connectivity index is 1.26. The number of benzene rings is 6. The van der Waals surface area contributed by atoms with Gasteiger partial charge in [-0.15, -0.1) is 0 Å². The van der Waals surface area contributed by atoms with Gasteiger partial charge < -0.3 is 22.6 Å². The zero-order valence-corrected chi connectivity index (χ0v) is 27.1. The molecule has 4 heterocycles. The Hall–Kier alpha value is -5.30. The van der Waals surface area contributed by atoms with Crippen molar-refractivity contribution in [2.75, 3.05) is 0 Å². The summed E-state index contributed by atoms with van der Waals surface area (Å²) in [5.74, 6) is 0. The summed E-state index contributed by atoms with van der Waals surface area (Å²) >= 11 is 0. The van der Waals surface area contributed by atoms with Gasteiger partial charge in [0.1, 0.15) is 33.5 Å². The van der Waals surface area contributed by atoms with E-state index in [0.29, 0.717) is 0 Å². The number of rotatable bonds is 3. The summed E-state index contributed by atoms with van der Waals surface area (Å²) in [6.07, 6.45) is 0. The van der Waals surface area contributed by atoms with Crippen LogP contribution >= 0.6 is 0 Å². The molecule has 1 aliphatic heterocycles. The predicted molar refractivity (Wildman–Crippen MR) is 195 cm³/mol. The molecule has 0 bridgehead atoms. The van der Waals surface area contributed by atoms with Crippen LogP contribution in [0.3, 0.4) is 0 Å². The lowest BCUT2D eigenvalue weighted by Crippen LogP contribution is -2.41. The highest BCUT2D eigenvalue weighted by molar-refractivity contribution is 6.65. The highest BCUT2D eigenvalue weighted by Gasteiger charge is 2.52. The molecule has 0 N–H and O–H groups in total. The first-order valence-corrected chi connectivity index (χ1v) is 16.4. The number of para-hydroxylation sites is 4. The average molecular weight is 627 g/mol. The molecule has 0 saturated carbocycles. The van der Waals surface area contributed by atoms with E-state index in [-0.39, 0.29) is 0 Å². The van der Waals surface area contributed by atoms with Gasteiger partial charge in [0.25, 0.3) is 0 Å². The van der Waals surface area contributed by atoms with E-state index >= 15 is 0 Å². The van der Waals surface area contributed by atoms with Crippen molar-refractivity contribution in [3.8, 4) is 22.3 Å². The fourth-order valence-electron chi connectivity index (χ4n) is 7.45. The van der Waals surface area contributed by atoms with Crippen molar-refractivity contribution >= 4 is 78.4 Å². The van der Waals surface area contributed by atoms with E-state index in [9.17, 15) is 0 Å². The monoisotopic (exact) mass is 626 g/mol. The summed E-state index contributed by atoms with van der Waals surface area (Å²) < 4.78 is 33.0. The van der Waals surface area contributed by atoms with Gasteiger partial charge in [0.15, 0.2) is 0 Å². The van der Waals surface area contributed by atoms with Gasteiger partial charge in [-0.25, -0.2) is 0 Å². The second-order valence-corrected chi connectivity index (χ2v) is 13.8. The van der Waals surface area contributed by atoms with Gasteiger partial charge in [0.05, 0.1) is 11.2 Å². The molecule has 0 radical (unpaired) electrons. The van der Waals surface area contributed by atoms with E-state index < -0.39 is 18.3 Å². The van der Waals surface area contributed by atoms with Crippen LogP contribution < -0.4 is 5.46 Å². The third-order valence-corrected chi connectivity index (χ3v) is 10.6. The van der Waals surface area contributed by atoms with Gasteiger partial charge in [-0.2, -0.15) is 0 Å². The number of furan rings is 3. The van der Waals surface area contributed by atoms with Crippen LogP contribution in [0.15, 0.2) is 129 Å². The molecule has 0 spiro atoms. The molecular weight excluding hydrogens is 595 g/mol. The van der Waals surface area contributed by atoms with Crippen molar-refractivity contribution in [1.82, 2.24) is 0 Å². The first-order valence-electron chi connectivity index (χ1n) is 16.4. The molecule has 9 aromatic rings. The maximum atomic E-state index is 6.78. The SMILES string of the molecule is CC1(C)OB(c2ccc(-c3ccc(-c4cccc5c4oc4ccccc45)c4c3oc3ccccc34)c3c2oc2ccccc23)OC1(C)C. The number of hydrogen-bond donors (Lipinski definition) is 0. The van der Waals surface area contributed by atoms with Gasteiger partial charge in [0.2, 0.25) is 0 Å². The Morgan fingerprint density at radius 2 is 0.854 bits per heavy atom. The van der Waals surface area contributed by atoms with Crippen molar-refractivity contribution in [2.45, 2.75) is 38.9 Å². The van der Waals surface area contributed by atoms with Crippen LogP contribution in [0.25, 0.3) is 88.1 Å². The Morgan fingerprint density at radius 3 is 1.52 bits per heavy atom. The molecule has 0 atom stereocenters. The van der Waals surface area contributed by atoms with Gasteiger partial charge >= 0.3 is 7.12 Å². The van der Waals surface area contributed by atoms with Crippen molar-refractivity contribution in [3.05, 3.63) is 115 Å². The summed E-state index contributed by atoms with van der Waals surface area (Å²) in [5.41, 5.74) is 8.98. The molecule has 1 saturated heterocycles. The molecule has 1 aliphatic rings. The summed E-state index contributed by atoms with van der Waals surface area (Å²) in [5, 5.41) is 6.34. The minimum absolute atomic E-state index is 0.479. The van der Waals surface area contributed by atoms with Crippen LogP contribution in [0.4, 0.5) is 0 Å². The second-order valence-electron chi connectivity index (χ2n) is 13.8. The Kier molecular flexibility index (Phi) is 5.57. The van der Waals surface area contributed by atoms with Crippen LogP contribution in [-0.2, 0) is 9.31 Å². The minimum atomic E-state index is -0.565. The van der Waals surface area contributed by atoms with Crippen molar-refractivity contribution in [3.63, 3.8) is 0 Å². The molecule has 0 amide bonds. The number of fused-ring (bicyclic) bond motifs is 9.